The lowest BCUT2D eigenvalue weighted by molar-refractivity contribution is -0.255. The molecule has 0 spiro atoms. The summed E-state index contributed by atoms with van der Waals surface area (Å²) in [6.45, 7) is 7.30. The third-order valence-electron chi connectivity index (χ3n) is 14.6. The molecule has 5 aliphatic carbocycles. The van der Waals surface area contributed by atoms with E-state index in [1.807, 2.05) is 12.1 Å². The topological polar surface area (TPSA) is 112 Å². The lowest BCUT2D eigenvalue weighted by Gasteiger charge is -2.56. The summed E-state index contributed by atoms with van der Waals surface area (Å²) in [5, 5.41) is 19.7. The molecule has 4 N–H and O–H groups in total. The van der Waals surface area contributed by atoms with Crippen molar-refractivity contribution in [3.05, 3.63) is 95.1 Å². The average Bonchev–Trinajstić information content (AvgIpc) is 3.22. The van der Waals surface area contributed by atoms with Crippen LogP contribution >= 0.6 is 0 Å². The van der Waals surface area contributed by atoms with Crippen molar-refractivity contribution < 1.29 is 24.2 Å². The largest absolute Gasteiger partial charge is 0.392 e. The highest BCUT2D eigenvalue weighted by Gasteiger charge is 2.51. The molecule has 316 valence electrons. The van der Waals surface area contributed by atoms with Gasteiger partial charge in [0.25, 0.3) is 0 Å². The predicted octanol–water partition coefficient (Wildman–Crippen LogP) is 9.10. The number of urea groups is 1. The van der Waals surface area contributed by atoms with Crippen molar-refractivity contribution in [2.75, 3.05) is 6.54 Å². The molecular weight excluding hydrogens is 737 g/mol. The molecular formula is C50H66N4O5. The first-order chi connectivity index (χ1) is 28.5. The maximum atomic E-state index is 13.9. The number of carbonyl (C=O) groups excluding carboxylic acids is 2. The molecule has 3 aromatic rings. The molecule has 59 heavy (non-hydrogen) atoms. The fourth-order valence-corrected chi connectivity index (χ4v) is 12.5. The van der Waals surface area contributed by atoms with E-state index in [0.717, 1.165) is 89.7 Å². The average molecular weight is 803 g/mol. The van der Waals surface area contributed by atoms with Crippen LogP contribution in [0.25, 0.3) is 11.1 Å². The van der Waals surface area contributed by atoms with Crippen LogP contribution in [0.5, 0.6) is 0 Å². The Kier molecular flexibility index (Phi) is 11.7. The number of amides is 3. The third-order valence-corrected chi connectivity index (χ3v) is 14.6. The molecule has 7 fully saturated rings. The van der Waals surface area contributed by atoms with Crippen LogP contribution in [0.1, 0.15) is 139 Å². The lowest BCUT2D eigenvalue weighted by atomic mass is 9.53. The monoisotopic (exact) mass is 803 g/mol. The number of hydrogen-bond acceptors (Lipinski definition) is 6. The van der Waals surface area contributed by atoms with E-state index < -0.39 is 6.29 Å². The normalized spacial score (nSPS) is 32.9. The van der Waals surface area contributed by atoms with Crippen molar-refractivity contribution in [3.8, 4) is 11.1 Å². The highest BCUT2D eigenvalue weighted by molar-refractivity contribution is 5.82. The Morgan fingerprint density at radius 1 is 0.780 bits per heavy atom. The standard InChI is InChI=1S/C50H66N4O5/c1-49(2,3)52-46(56)44-19-18-37-9-4-5-13-43(37)54(44)30-42-25-45(38-16-14-32(31-55)15-17-38)59-47(58-42)41-12-7-11-40(24-41)39-10-6-8-33(23-39)29-51-48(57)53-50-26-34-20-35(27-50)22-36(21-34)28-50/h6-8,10-12,14-17,23-24,34-37,42-45,47,55H,4-5,9,13,18-22,25-31H2,1-3H3,(H,52,56)(H2,51,53,57)/t34?,35?,36?,37-,42+,43-,44-,45-,47-,50?/m1/s1. The molecule has 0 unspecified atom stereocenters. The number of likely N-dealkylation sites (tertiary alicyclic amines) is 1. The van der Waals surface area contributed by atoms with Crippen molar-refractivity contribution in [1.29, 1.82) is 0 Å². The summed E-state index contributed by atoms with van der Waals surface area (Å²) in [6.07, 6.45) is 13.9. The third kappa shape index (κ3) is 9.29. The maximum Gasteiger partial charge on any atom is 0.315 e. The van der Waals surface area contributed by atoms with Gasteiger partial charge in [-0.3, -0.25) is 9.69 Å². The molecule has 3 amide bonds. The van der Waals surface area contributed by atoms with Crippen molar-refractivity contribution in [2.24, 2.45) is 23.7 Å². The van der Waals surface area contributed by atoms with Crippen LogP contribution in [-0.2, 0) is 27.4 Å². The Hall–Kier alpha value is -3.76. The zero-order valence-corrected chi connectivity index (χ0v) is 35.5. The molecule has 9 nitrogen and oxygen atoms in total. The number of nitrogens with one attached hydrogen (secondary N) is 3. The van der Waals surface area contributed by atoms with Gasteiger partial charge in [-0.05, 0) is 149 Å². The van der Waals surface area contributed by atoms with Crippen LogP contribution in [0.4, 0.5) is 4.79 Å². The van der Waals surface area contributed by atoms with Gasteiger partial charge in [0.1, 0.15) is 0 Å². The molecule has 2 aliphatic heterocycles. The first kappa shape index (κ1) is 40.6. The van der Waals surface area contributed by atoms with Gasteiger partial charge in [0.2, 0.25) is 5.91 Å². The minimum absolute atomic E-state index is 0.00517. The summed E-state index contributed by atoms with van der Waals surface area (Å²) in [5.41, 5.74) is 5.73. The summed E-state index contributed by atoms with van der Waals surface area (Å²) < 4.78 is 13.8. The van der Waals surface area contributed by atoms with Gasteiger partial charge in [-0.25, -0.2) is 4.79 Å². The van der Waals surface area contributed by atoms with E-state index in [2.05, 4.69) is 102 Å². The molecule has 2 heterocycles. The number of ether oxygens (including phenoxy) is 2. The number of nitrogens with zero attached hydrogens (tertiary/aromatic N) is 1. The summed E-state index contributed by atoms with van der Waals surface area (Å²) >= 11 is 0. The van der Waals surface area contributed by atoms with Gasteiger partial charge in [-0.15, -0.1) is 0 Å². The van der Waals surface area contributed by atoms with Crippen LogP contribution in [-0.4, -0.2) is 57.8 Å². The minimum atomic E-state index is -0.608. The first-order valence-corrected chi connectivity index (χ1v) is 22.8. The molecule has 0 radical (unpaired) electrons. The van der Waals surface area contributed by atoms with Crippen molar-refractivity contribution in [3.63, 3.8) is 0 Å². The molecule has 7 aliphatic rings. The van der Waals surface area contributed by atoms with Gasteiger partial charge in [0.05, 0.1) is 24.9 Å². The fourth-order valence-electron chi connectivity index (χ4n) is 12.5. The summed E-state index contributed by atoms with van der Waals surface area (Å²) in [7, 11) is 0. The highest BCUT2D eigenvalue weighted by atomic mass is 16.7. The molecule has 6 atom stereocenters. The molecule has 0 aromatic heterocycles. The number of benzene rings is 3. The maximum absolute atomic E-state index is 13.9. The lowest BCUT2D eigenvalue weighted by Crippen LogP contribution is -2.61. The number of fused-ring (bicyclic) bond motifs is 1. The zero-order valence-electron chi connectivity index (χ0n) is 35.5. The summed E-state index contributed by atoms with van der Waals surface area (Å²) in [4.78, 5) is 29.7. The van der Waals surface area contributed by atoms with Crippen LogP contribution < -0.4 is 16.0 Å². The molecule has 10 rings (SSSR count). The van der Waals surface area contributed by atoms with E-state index in [0.29, 0.717) is 31.5 Å². The van der Waals surface area contributed by atoms with Gasteiger partial charge in [0, 0.05) is 42.2 Å². The van der Waals surface area contributed by atoms with E-state index in [-0.39, 0.29) is 47.9 Å². The number of aliphatic hydroxyl groups excluding tert-OH is 1. The quantitative estimate of drug-likeness (QED) is 0.163. The number of rotatable bonds is 10. The van der Waals surface area contributed by atoms with Crippen molar-refractivity contribution >= 4 is 11.9 Å². The van der Waals surface area contributed by atoms with Gasteiger partial charge in [-0.1, -0.05) is 73.5 Å². The Balaban J connectivity index is 0.925. The van der Waals surface area contributed by atoms with Gasteiger partial charge >= 0.3 is 6.03 Å². The van der Waals surface area contributed by atoms with Crippen molar-refractivity contribution in [2.45, 2.75) is 159 Å². The van der Waals surface area contributed by atoms with Crippen molar-refractivity contribution in [1.82, 2.24) is 20.9 Å². The second-order valence-electron chi connectivity index (χ2n) is 20.3. The van der Waals surface area contributed by atoms with Gasteiger partial charge in [0.15, 0.2) is 6.29 Å². The molecule has 9 heteroatoms. The first-order valence-electron chi connectivity index (χ1n) is 22.8. The SMILES string of the molecule is CC(C)(C)NC(=O)[C@H]1CC[C@H]2CCCC[C@H]2N1C[C@@H]1C[C@H](c2ccc(CO)cc2)O[C@H](c2cccc(-c3cccc(CNC(=O)NC45CC6CC(CC(C6)C4)C5)c3)c2)O1. The van der Waals surface area contributed by atoms with Gasteiger partial charge in [-0.2, -0.15) is 0 Å². The Labute approximate surface area is 351 Å². The summed E-state index contributed by atoms with van der Waals surface area (Å²) in [5.74, 6) is 3.08. The van der Waals surface area contributed by atoms with Crippen LogP contribution in [0.15, 0.2) is 72.8 Å². The number of carbonyl (C=O) groups is 2. The summed E-state index contributed by atoms with van der Waals surface area (Å²) in [6, 6.07) is 25.1. The molecule has 4 bridgehead atoms. The molecule has 5 saturated carbocycles. The molecule has 3 aromatic carbocycles. The predicted molar refractivity (Wildman–Crippen MR) is 230 cm³/mol. The minimum Gasteiger partial charge on any atom is -0.392 e. The van der Waals surface area contributed by atoms with Gasteiger partial charge < -0.3 is 30.5 Å². The zero-order chi connectivity index (χ0) is 40.7. The van der Waals surface area contributed by atoms with E-state index in [1.165, 1.54) is 38.5 Å². The number of hydrogen-bond donors (Lipinski definition) is 4. The van der Waals surface area contributed by atoms with E-state index >= 15 is 0 Å². The van der Waals surface area contributed by atoms with Crippen LogP contribution in [0, 0.1) is 23.7 Å². The number of aliphatic hydroxyl groups is 1. The Morgan fingerprint density at radius 2 is 1.47 bits per heavy atom. The number of piperidine rings is 1. The Morgan fingerprint density at radius 3 is 2.19 bits per heavy atom. The Bertz CT molecular complexity index is 1920. The second-order valence-corrected chi connectivity index (χ2v) is 20.3. The van der Waals surface area contributed by atoms with E-state index in [4.69, 9.17) is 9.47 Å². The van der Waals surface area contributed by atoms with Crippen LogP contribution in [0.2, 0.25) is 0 Å². The van der Waals surface area contributed by atoms with Crippen LogP contribution in [0.3, 0.4) is 0 Å². The van der Waals surface area contributed by atoms with E-state index in [1.54, 1.807) is 0 Å². The highest BCUT2D eigenvalue weighted by Crippen LogP contribution is 2.55. The second kappa shape index (κ2) is 16.9. The smallest absolute Gasteiger partial charge is 0.315 e. The molecule has 2 saturated heterocycles. The fraction of sp³-hybridized carbons (Fsp3) is 0.600. The van der Waals surface area contributed by atoms with E-state index in [9.17, 15) is 14.7 Å².